The summed E-state index contributed by atoms with van der Waals surface area (Å²) < 4.78 is 7.37. The van der Waals surface area contributed by atoms with Crippen LogP contribution in [0.3, 0.4) is 0 Å². The van der Waals surface area contributed by atoms with Crippen molar-refractivity contribution in [3.05, 3.63) is 35.7 Å². The largest absolute Gasteiger partial charge is 0.382 e. The summed E-state index contributed by atoms with van der Waals surface area (Å²) in [4.78, 5) is 22.5. The van der Waals surface area contributed by atoms with E-state index in [0.29, 0.717) is 18.8 Å². The SMILES string of the molecule is COC[C@@H]1c2nnn(CC3CC3)c2CCN1C(=O)c1ccncn1. The third-order valence-electron chi connectivity index (χ3n) is 4.66. The van der Waals surface area contributed by atoms with E-state index < -0.39 is 0 Å². The van der Waals surface area contributed by atoms with E-state index in [1.54, 1.807) is 24.3 Å². The molecular weight excluding hydrogens is 308 g/mol. The Balaban J connectivity index is 1.62. The van der Waals surface area contributed by atoms with Crippen LogP contribution in [0.2, 0.25) is 0 Å². The van der Waals surface area contributed by atoms with Gasteiger partial charge in [-0.05, 0) is 24.8 Å². The number of hydrogen-bond donors (Lipinski definition) is 0. The van der Waals surface area contributed by atoms with Crippen molar-refractivity contribution in [2.75, 3.05) is 20.3 Å². The minimum Gasteiger partial charge on any atom is -0.382 e. The summed E-state index contributed by atoms with van der Waals surface area (Å²) in [6, 6.07) is 1.40. The van der Waals surface area contributed by atoms with Crippen LogP contribution in [0.4, 0.5) is 0 Å². The molecule has 0 spiro atoms. The zero-order valence-corrected chi connectivity index (χ0v) is 13.6. The second kappa shape index (κ2) is 6.27. The number of ether oxygens (including phenoxy) is 1. The molecule has 2 aliphatic rings. The van der Waals surface area contributed by atoms with Crippen molar-refractivity contribution in [1.82, 2.24) is 29.9 Å². The Bertz CT molecular complexity index is 727. The third kappa shape index (κ3) is 2.77. The maximum atomic E-state index is 12.8. The maximum Gasteiger partial charge on any atom is 0.273 e. The first kappa shape index (κ1) is 15.2. The van der Waals surface area contributed by atoms with Gasteiger partial charge in [0, 0.05) is 32.8 Å². The fourth-order valence-electron chi connectivity index (χ4n) is 3.22. The molecule has 8 nitrogen and oxygen atoms in total. The molecule has 0 saturated heterocycles. The van der Waals surface area contributed by atoms with E-state index in [1.165, 1.54) is 19.2 Å². The summed E-state index contributed by atoms with van der Waals surface area (Å²) in [5.41, 5.74) is 2.38. The second-order valence-corrected chi connectivity index (χ2v) is 6.36. The van der Waals surface area contributed by atoms with Crippen molar-refractivity contribution < 1.29 is 9.53 Å². The number of amides is 1. The lowest BCUT2D eigenvalue weighted by atomic mass is 10.0. The lowest BCUT2D eigenvalue weighted by Gasteiger charge is -2.34. The molecular formula is C16H20N6O2. The van der Waals surface area contributed by atoms with Crippen LogP contribution in [0.25, 0.3) is 0 Å². The van der Waals surface area contributed by atoms with Crippen molar-refractivity contribution in [2.24, 2.45) is 5.92 Å². The summed E-state index contributed by atoms with van der Waals surface area (Å²) in [7, 11) is 1.64. The number of carbonyl (C=O) groups excluding carboxylic acids is 1. The van der Waals surface area contributed by atoms with E-state index in [-0.39, 0.29) is 11.9 Å². The minimum atomic E-state index is -0.228. The monoisotopic (exact) mass is 328 g/mol. The van der Waals surface area contributed by atoms with Gasteiger partial charge in [0.05, 0.1) is 12.3 Å². The number of methoxy groups -OCH3 is 1. The average Bonchev–Trinajstić information content (AvgIpc) is 3.34. The van der Waals surface area contributed by atoms with E-state index in [4.69, 9.17) is 4.74 Å². The van der Waals surface area contributed by atoms with E-state index in [0.717, 1.165) is 30.3 Å². The molecule has 0 unspecified atom stereocenters. The van der Waals surface area contributed by atoms with Gasteiger partial charge < -0.3 is 9.64 Å². The average molecular weight is 328 g/mol. The number of carbonyl (C=O) groups is 1. The van der Waals surface area contributed by atoms with Crippen LogP contribution in [0.1, 0.15) is 40.8 Å². The Morgan fingerprint density at radius 1 is 1.42 bits per heavy atom. The number of nitrogens with zero attached hydrogens (tertiary/aromatic N) is 6. The van der Waals surface area contributed by atoms with Gasteiger partial charge in [-0.15, -0.1) is 5.10 Å². The highest BCUT2D eigenvalue weighted by atomic mass is 16.5. The fourth-order valence-corrected chi connectivity index (χ4v) is 3.22. The molecule has 1 aliphatic carbocycles. The van der Waals surface area contributed by atoms with E-state index >= 15 is 0 Å². The van der Waals surface area contributed by atoms with Gasteiger partial charge in [-0.3, -0.25) is 4.79 Å². The van der Waals surface area contributed by atoms with Crippen molar-refractivity contribution in [3.63, 3.8) is 0 Å². The smallest absolute Gasteiger partial charge is 0.273 e. The molecule has 126 valence electrons. The molecule has 1 aliphatic heterocycles. The van der Waals surface area contributed by atoms with Crippen LogP contribution >= 0.6 is 0 Å². The quantitative estimate of drug-likeness (QED) is 0.809. The highest BCUT2D eigenvalue weighted by Crippen LogP contribution is 2.33. The molecule has 1 fully saturated rings. The van der Waals surface area contributed by atoms with Crippen molar-refractivity contribution in [1.29, 1.82) is 0 Å². The highest BCUT2D eigenvalue weighted by Gasteiger charge is 2.36. The van der Waals surface area contributed by atoms with Crippen LogP contribution in [0.5, 0.6) is 0 Å². The summed E-state index contributed by atoms with van der Waals surface area (Å²) >= 11 is 0. The van der Waals surface area contributed by atoms with Crippen LogP contribution in [0, 0.1) is 5.92 Å². The topological polar surface area (TPSA) is 86.0 Å². The summed E-state index contributed by atoms with van der Waals surface area (Å²) in [5.74, 6) is 0.610. The van der Waals surface area contributed by atoms with E-state index in [1.807, 2.05) is 4.68 Å². The number of hydrogen-bond acceptors (Lipinski definition) is 6. The standard InChI is InChI=1S/C16H20N6O2/c1-24-9-14-15-13(22(20-19-15)8-11-2-3-11)5-7-21(14)16(23)12-4-6-17-10-18-12/h4,6,10-11,14H,2-3,5,7-9H2,1H3/t14-/m1/s1. The molecule has 24 heavy (non-hydrogen) atoms. The van der Waals surface area contributed by atoms with Gasteiger partial charge >= 0.3 is 0 Å². The molecule has 8 heteroatoms. The second-order valence-electron chi connectivity index (χ2n) is 6.36. The van der Waals surface area contributed by atoms with Gasteiger partial charge in [0.2, 0.25) is 0 Å². The normalized spacial score (nSPS) is 20.0. The molecule has 0 N–H and O–H groups in total. The van der Waals surface area contributed by atoms with Gasteiger partial charge in [-0.2, -0.15) is 0 Å². The predicted octanol–water partition coefficient (Wildman–Crippen LogP) is 0.864. The zero-order chi connectivity index (χ0) is 16.5. The molecule has 0 aromatic carbocycles. The Morgan fingerprint density at radius 3 is 3.00 bits per heavy atom. The molecule has 1 amide bonds. The molecule has 4 rings (SSSR count). The van der Waals surface area contributed by atoms with E-state index in [9.17, 15) is 4.79 Å². The van der Waals surface area contributed by atoms with Gasteiger partial charge in [0.15, 0.2) is 0 Å². The van der Waals surface area contributed by atoms with Crippen LogP contribution < -0.4 is 0 Å². The molecule has 0 bridgehead atoms. The van der Waals surface area contributed by atoms with Crippen molar-refractivity contribution in [2.45, 2.75) is 31.8 Å². The lowest BCUT2D eigenvalue weighted by molar-refractivity contribution is 0.0484. The first-order valence-electron chi connectivity index (χ1n) is 8.26. The van der Waals surface area contributed by atoms with Crippen molar-refractivity contribution >= 4 is 5.91 Å². The number of rotatable bonds is 5. The van der Waals surface area contributed by atoms with Gasteiger partial charge in [0.1, 0.15) is 23.8 Å². The molecule has 0 radical (unpaired) electrons. The third-order valence-corrected chi connectivity index (χ3v) is 4.66. The summed E-state index contributed by atoms with van der Waals surface area (Å²) in [6.45, 7) is 1.94. The number of fused-ring (bicyclic) bond motifs is 1. The van der Waals surface area contributed by atoms with Crippen LogP contribution in [-0.4, -0.2) is 56.0 Å². The molecule has 3 heterocycles. The van der Waals surface area contributed by atoms with Crippen LogP contribution in [0.15, 0.2) is 18.6 Å². The zero-order valence-electron chi connectivity index (χ0n) is 13.6. The molecule has 2 aromatic heterocycles. The Hall–Kier alpha value is -2.35. The number of aromatic nitrogens is 5. The Labute approximate surface area is 139 Å². The van der Waals surface area contributed by atoms with Gasteiger partial charge in [-0.25, -0.2) is 14.6 Å². The van der Waals surface area contributed by atoms with Gasteiger partial charge in [-0.1, -0.05) is 5.21 Å². The lowest BCUT2D eigenvalue weighted by Crippen LogP contribution is -2.42. The first-order valence-corrected chi connectivity index (χ1v) is 8.26. The summed E-state index contributed by atoms with van der Waals surface area (Å²) in [5, 5.41) is 8.69. The Kier molecular flexibility index (Phi) is 3.97. The minimum absolute atomic E-state index is 0.123. The summed E-state index contributed by atoms with van der Waals surface area (Å²) in [6.07, 6.45) is 6.27. The predicted molar refractivity (Wildman–Crippen MR) is 84.1 cm³/mol. The molecule has 2 aromatic rings. The Morgan fingerprint density at radius 2 is 2.29 bits per heavy atom. The molecule has 1 saturated carbocycles. The maximum absolute atomic E-state index is 12.8. The highest BCUT2D eigenvalue weighted by molar-refractivity contribution is 5.92. The fraction of sp³-hybridized carbons (Fsp3) is 0.562. The van der Waals surface area contributed by atoms with E-state index in [2.05, 4.69) is 20.3 Å². The first-order chi connectivity index (χ1) is 11.8. The molecule has 1 atom stereocenters. The van der Waals surface area contributed by atoms with Crippen LogP contribution in [-0.2, 0) is 17.7 Å². The van der Waals surface area contributed by atoms with Gasteiger partial charge in [0.25, 0.3) is 5.91 Å². The van der Waals surface area contributed by atoms with Crippen molar-refractivity contribution in [3.8, 4) is 0 Å².